The van der Waals surface area contributed by atoms with E-state index in [4.69, 9.17) is 16.3 Å². The molecule has 30 heavy (non-hydrogen) atoms. The maximum Gasteiger partial charge on any atom is 0.305 e. The fourth-order valence-corrected chi connectivity index (χ4v) is 3.13. The van der Waals surface area contributed by atoms with Crippen LogP contribution < -0.4 is 10.1 Å². The molecular formula is C21H17ClFN3O4. The summed E-state index contributed by atoms with van der Waals surface area (Å²) in [5.41, 5.74) is 1.25. The lowest BCUT2D eigenvalue weighted by atomic mass is 10.0. The number of hydrogen-bond donors (Lipinski definition) is 2. The minimum Gasteiger partial charge on any atom is -0.494 e. The van der Waals surface area contributed by atoms with E-state index >= 15 is 0 Å². The molecule has 9 heteroatoms. The number of carboxylic acid groups (broad SMARTS) is 1. The fraction of sp³-hybridized carbons (Fsp3) is 0.143. The Balaban J connectivity index is 1.93. The minimum absolute atomic E-state index is 0.0255. The van der Waals surface area contributed by atoms with Crippen LogP contribution in [0.4, 0.5) is 4.39 Å². The Morgan fingerprint density at radius 2 is 1.97 bits per heavy atom. The zero-order valence-corrected chi connectivity index (χ0v) is 16.6. The van der Waals surface area contributed by atoms with Crippen LogP contribution in [0, 0.1) is 5.95 Å². The number of carbonyl (C=O) groups excluding carboxylic acids is 1. The number of hydrogen-bond acceptors (Lipinski definition) is 5. The lowest BCUT2D eigenvalue weighted by Crippen LogP contribution is -2.31. The topological polar surface area (TPSA) is 101 Å². The Morgan fingerprint density at radius 1 is 1.20 bits per heavy atom. The molecule has 0 saturated carbocycles. The van der Waals surface area contributed by atoms with Crippen LogP contribution in [0.2, 0.25) is 5.02 Å². The highest BCUT2D eigenvalue weighted by Crippen LogP contribution is 2.29. The average molecular weight is 430 g/mol. The van der Waals surface area contributed by atoms with Gasteiger partial charge < -0.3 is 15.2 Å². The van der Waals surface area contributed by atoms with Gasteiger partial charge in [0.25, 0.3) is 5.91 Å². The number of pyridine rings is 2. The van der Waals surface area contributed by atoms with Crippen LogP contribution in [0.15, 0.2) is 54.7 Å². The lowest BCUT2D eigenvalue weighted by molar-refractivity contribution is -0.137. The predicted molar refractivity (Wildman–Crippen MR) is 108 cm³/mol. The number of nitrogens with zero attached hydrogens (tertiary/aromatic N) is 2. The number of carbonyl (C=O) groups is 2. The van der Waals surface area contributed by atoms with Crippen molar-refractivity contribution in [1.82, 2.24) is 15.3 Å². The van der Waals surface area contributed by atoms with Gasteiger partial charge in [-0.05, 0) is 35.9 Å². The Bertz CT molecular complexity index is 1080. The summed E-state index contributed by atoms with van der Waals surface area (Å²) in [4.78, 5) is 32.0. The largest absolute Gasteiger partial charge is 0.494 e. The van der Waals surface area contributed by atoms with Crippen LogP contribution in [-0.2, 0) is 4.79 Å². The molecule has 0 bridgehead atoms. The first kappa shape index (κ1) is 21.2. The van der Waals surface area contributed by atoms with E-state index in [-0.39, 0.29) is 12.1 Å². The maximum atomic E-state index is 13.1. The van der Waals surface area contributed by atoms with Crippen LogP contribution in [0.25, 0.3) is 11.3 Å². The Kier molecular flexibility index (Phi) is 6.58. The molecule has 0 aliphatic rings. The monoisotopic (exact) mass is 429 g/mol. The van der Waals surface area contributed by atoms with Crippen molar-refractivity contribution >= 4 is 23.5 Å². The molecule has 2 aromatic heterocycles. The average Bonchev–Trinajstić information content (AvgIpc) is 2.73. The molecule has 0 fully saturated rings. The SMILES string of the molecule is COc1ccc(C(=O)N[C@@H](CC(=O)O)c2ccccc2Cl)nc1-c1ccc(F)nc1. The van der Waals surface area contributed by atoms with Gasteiger partial charge in [-0.3, -0.25) is 9.59 Å². The summed E-state index contributed by atoms with van der Waals surface area (Å²) in [7, 11) is 1.44. The first-order valence-corrected chi connectivity index (χ1v) is 9.21. The standard InChI is InChI=1S/C21H17ClFN3O4/c1-30-17-8-7-15(25-20(17)12-6-9-18(23)24-11-12)21(29)26-16(10-19(27)28)13-4-2-3-5-14(13)22/h2-9,11,16H,10H2,1H3,(H,26,29)(H,27,28)/t16-/m0/s1. The van der Waals surface area contributed by atoms with Gasteiger partial charge in [0.1, 0.15) is 17.1 Å². The van der Waals surface area contributed by atoms with Crippen LogP contribution in [0.3, 0.4) is 0 Å². The van der Waals surface area contributed by atoms with Crippen LogP contribution in [0.5, 0.6) is 5.75 Å². The van der Waals surface area contributed by atoms with Gasteiger partial charge in [0, 0.05) is 16.8 Å². The van der Waals surface area contributed by atoms with Crippen molar-refractivity contribution in [3.05, 3.63) is 77.0 Å². The number of benzene rings is 1. The molecule has 1 atom stereocenters. The summed E-state index contributed by atoms with van der Waals surface area (Å²) >= 11 is 6.18. The summed E-state index contributed by atoms with van der Waals surface area (Å²) < 4.78 is 18.4. The smallest absolute Gasteiger partial charge is 0.305 e. The molecule has 2 heterocycles. The number of halogens is 2. The van der Waals surface area contributed by atoms with Gasteiger partial charge in [-0.15, -0.1) is 0 Å². The fourth-order valence-electron chi connectivity index (χ4n) is 2.86. The van der Waals surface area contributed by atoms with Gasteiger partial charge in [-0.25, -0.2) is 9.97 Å². The number of methoxy groups -OCH3 is 1. The Morgan fingerprint density at radius 3 is 2.60 bits per heavy atom. The second-order valence-corrected chi connectivity index (χ2v) is 6.67. The third kappa shape index (κ3) is 4.90. The van der Waals surface area contributed by atoms with E-state index in [2.05, 4.69) is 15.3 Å². The van der Waals surface area contributed by atoms with E-state index in [1.54, 1.807) is 30.3 Å². The third-order valence-electron chi connectivity index (χ3n) is 4.28. The highest BCUT2D eigenvalue weighted by atomic mass is 35.5. The summed E-state index contributed by atoms with van der Waals surface area (Å²) in [6, 6.07) is 11.4. The second-order valence-electron chi connectivity index (χ2n) is 6.26. The number of ether oxygens (including phenoxy) is 1. The summed E-state index contributed by atoms with van der Waals surface area (Å²) in [6.07, 6.45) is 0.916. The van der Waals surface area contributed by atoms with Crippen molar-refractivity contribution in [1.29, 1.82) is 0 Å². The Hall–Kier alpha value is -3.52. The molecule has 0 aliphatic carbocycles. The lowest BCUT2D eigenvalue weighted by Gasteiger charge is -2.19. The zero-order chi connectivity index (χ0) is 21.7. The molecule has 154 valence electrons. The molecule has 1 amide bonds. The van der Waals surface area contributed by atoms with Crippen molar-refractivity contribution in [3.8, 4) is 17.0 Å². The number of rotatable bonds is 7. The van der Waals surface area contributed by atoms with Crippen LogP contribution in [0.1, 0.15) is 28.5 Å². The number of aliphatic carboxylic acids is 1. The highest BCUT2D eigenvalue weighted by Gasteiger charge is 2.22. The van der Waals surface area contributed by atoms with Crippen LogP contribution >= 0.6 is 11.6 Å². The summed E-state index contributed by atoms with van der Waals surface area (Å²) in [5, 5.41) is 12.2. The van der Waals surface area contributed by atoms with Gasteiger partial charge in [0.2, 0.25) is 5.95 Å². The summed E-state index contributed by atoms with van der Waals surface area (Å²) in [6.45, 7) is 0. The van der Waals surface area contributed by atoms with Gasteiger partial charge >= 0.3 is 5.97 Å². The number of amides is 1. The van der Waals surface area contributed by atoms with E-state index in [1.165, 1.54) is 31.5 Å². The Labute approximate surface area is 176 Å². The molecule has 3 aromatic rings. The van der Waals surface area contributed by atoms with Crippen molar-refractivity contribution in [2.45, 2.75) is 12.5 Å². The van der Waals surface area contributed by atoms with Crippen molar-refractivity contribution in [3.63, 3.8) is 0 Å². The maximum absolute atomic E-state index is 13.1. The minimum atomic E-state index is -1.10. The number of carboxylic acids is 1. The first-order valence-electron chi connectivity index (χ1n) is 8.83. The molecule has 1 aromatic carbocycles. The molecule has 0 saturated heterocycles. The van der Waals surface area contributed by atoms with Gasteiger partial charge in [-0.2, -0.15) is 4.39 Å². The third-order valence-corrected chi connectivity index (χ3v) is 4.62. The van der Waals surface area contributed by atoms with Crippen molar-refractivity contribution in [2.75, 3.05) is 7.11 Å². The van der Waals surface area contributed by atoms with Gasteiger partial charge in [0.15, 0.2) is 0 Å². The normalized spacial score (nSPS) is 11.6. The molecular weight excluding hydrogens is 413 g/mol. The van der Waals surface area contributed by atoms with E-state index in [9.17, 15) is 19.1 Å². The van der Waals surface area contributed by atoms with Gasteiger partial charge in [-0.1, -0.05) is 29.8 Å². The highest BCUT2D eigenvalue weighted by molar-refractivity contribution is 6.31. The zero-order valence-electron chi connectivity index (χ0n) is 15.8. The molecule has 2 N–H and O–H groups in total. The molecule has 0 spiro atoms. The second kappa shape index (κ2) is 9.32. The molecule has 0 unspecified atom stereocenters. The molecule has 7 nitrogen and oxygen atoms in total. The molecule has 0 aliphatic heterocycles. The molecule has 0 radical (unpaired) electrons. The van der Waals surface area contributed by atoms with E-state index < -0.39 is 23.9 Å². The van der Waals surface area contributed by atoms with E-state index in [1.807, 2.05) is 0 Å². The van der Waals surface area contributed by atoms with Crippen molar-refractivity contribution in [2.24, 2.45) is 0 Å². The van der Waals surface area contributed by atoms with E-state index in [0.29, 0.717) is 27.6 Å². The van der Waals surface area contributed by atoms with E-state index in [0.717, 1.165) is 0 Å². The quantitative estimate of drug-likeness (QED) is 0.552. The van der Waals surface area contributed by atoms with Crippen LogP contribution in [-0.4, -0.2) is 34.1 Å². The number of aromatic nitrogens is 2. The first-order chi connectivity index (χ1) is 14.4. The van der Waals surface area contributed by atoms with Crippen molar-refractivity contribution < 1.29 is 23.8 Å². The van der Waals surface area contributed by atoms with Gasteiger partial charge in [0.05, 0.1) is 19.6 Å². The predicted octanol–water partition coefficient (Wildman–Crippen LogP) is 3.89. The number of nitrogens with one attached hydrogen (secondary N) is 1. The molecule has 3 rings (SSSR count). The summed E-state index contributed by atoms with van der Waals surface area (Å²) in [5.74, 6) is -1.97.